The minimum Gasteiger partial charge on any atom is -0.388 e. The van der Waals surface area contributed by atoms with Gasteiger partial charge < -0.3 is 10.4 Å². The Morgan fingerprint density at radius 2 is 2.07 bits per heavy atom. The van der Waals surface area contributed by atoms with E-state index in [4.69, 9.17) is 0 Å². The van der Waals surface area contributed by atoms with E-state index in [1.807, 2.05) is 30.3 Å². The largest absolute Gasteiger partial charge is 0.388 e. The Morgan fingerprint density at radius 1 is 1.33 bits per heavy atom. The lowest BCUT2D eigenvalue weighted by Crippen LogP contribution is -2.41. The molecule has 0 spiro atoms. The highest BCUT2D eigenvalue weighted by molar-refractivity contribution is 5.19. The Bertz CT molecular complexity index is 304. The first-order valence-corrected chi connectivity index (χ1v) is 5.66. The molecular weight excluding hydrogens is 186 g/mol. The van der Waals surface area contributed by atoms with Gasteiger partial charge in [-0.25, -0.2) is 0 Å². The first kappa shape index (κ1) is 10.7. The SMILES string of the molecule is CC1(C(O)c2ccccc2)CCCNC1. The Morgan fingerprint density at radius 3 is 2.67 bits per heavy atom. The summed E-state index contributed by atoms with van der Waals surface area (Å²) in [7, 11) is 0. The molecule has 1 aromatic carbocycles. The van der Waals surface area contributed by atoms with E-state index in [1.54, 1.807) is 0 Å². The molecule has 2 heteroatoms. The maximum Gasteiger partial charge on any atom is 0.0855 e. The van der Waals surface area contributed by atoms with Crippen LogP contribution in [-0.2, 0) is 0 Å². The molecule has 0 saturated carbocycles. The quantitative estimate of drug-likeness (QED) is 0.775. The molecule has 15 heavy (non-hydrogen) atoms. The van der Waals surface area contributed by atoms with Gasteiger partial charge >= 0.3 is 0 Å². The van der Waals surface area contributed by atoms with Crippen LogP contribution in [0.5, 0.6) is 0 Å². The molecule has 1 aliphatic heterocycles. The average Bonchev–Trinajstić information content (AvgIpc) is 2.30. The summed E-state index contributed by atoms with van der Waals surface area (Å²) < 4.78 is 0. The van der Waals surface area contributed by atoms with Crippen molar-refractivity contribution >= 4 is 0 Å². The first-order chi connectivity index (χ1) is 7.22. The molecule has 0 radical (unpaired) electrons. The Labute approximate surface area is 91.3 Å². The number of benzene rings is 1. The minimum absolute atomic E-state index is 0.0143. The zero-order valence-corrected chi connectivity index (χ0v) is 9.24. The second-order valence-corrected chi connectivity index (χ2v) is 4.75. The van der Waals surface area contributed by atoms with Crippen LogP contribution in [0.4, 0.5) is 0 Å². The van der Waals surface area contributed by atoms with Gasteiger partial charge in [-0.3, -0.25) is 0 Å². The van der Waals surface area contributed by atoms with Gasteiger partial charge in [-0.1, -0.05) is 37.3 Å². The number of hydrogen-bond acceptors (Lipinski definition) is 2. The van der Waals surface area contributed by atoms with E-state index in [9.17, 15) is 5.11 Å². The standard InChI is InChI=1S/C13H19NO/c1-13(8-5-9-14-10-13)12(15)11-6-3-2-4-7-11/h2-4,6-7,12,14-15H,5,8-10H2,1H3. The molecule has 1 heterocycles. The number of rotatable bonds is 2. The van der Waals surface area contributed by atoms with E-state index in [2.05, 4.69) is 12.2 Å². The Hall–Kier alpha value is -0.860. The fourth-order valence-electron chi connectivity index (χ4n) is 2.35. The zero-order valence-electron chi connectivity index (χ0n) is 9.24. The van der Waals surface area contributed by atoms with Crippen molar-refractivity contribution in [2.45, 2.75) is 25.9 Å². The summed E-state index contributed by atoms with van der Waals surface area (Å²) in [5, 5.41) is 13.7. The molecule has 1 aromatic rings. The number of aliphatic hydroxyl groups is 1. The highest BCUT2D eigenvalue weighted by Crippen LogP contribution is 2.38. The van der Waals surface area contributed by atoms with Gasteiger partial charge in [0.1, 0.15) is 0 Å². The minimum atomic E-state index is -0.355. The normalized spacial score (nSPS) is 28.7. The molecule has 2 atom stereocenters. The lowest BCUT2D eigenvalue weighted by atomic mass is 9.75. The van der Waals surface area contributed by atoms with Gasteiger partial charge in [0.25, 0.3) is 0 Å². The molecule has 0 amide bonds. The predicted octanol–water partition coefficient (Wildman–Crippen LogP) is 2.11. The smallest absolute Gasteiger partial charge is 0.0855 e. The summed E-state index contributed by atoms with van der Waals surface area (Å²) in [6, 6.07) is 9.96. The number of aliphatic hydroxyl groups excluding tert-OH is 1. The first-order valence-electron chi connectivity index (χ1n) is 5.66. The maximum absolute atomic E-state index is 10.4. The van der Waals surface area contributed by atoms with Crippen LogP contribution in [0.15, 0.2) is 30.3 Å². The van der Waals surface area contributed by atoms with Crippen molar-refractivity contribution in [1.82, 2.24) is 5.32 Å². The summed E-state index contributed by atoms with van der Waals surface area (Å²) in [5.41, 5.74) is 1.02. The lowest BCUT2D eigenvalue weighted by molar-refractivity contribution is 0.0180. The highest BCUT2D eigenvalue weighted by Gasteiger charge is 2.35. The fourth-order valence-corrected chi connectivity index (χ4v) is 2.35. The van der Waals surface area contributed by atoms with E-state index < -0.39 is 0 Å². The number of piperidine rings is 1. The second-order valence-electron chi connectivity index (χ2n) is 4.75. The third kappa shape index (κ3) is 2.21. The Kier molecular flexibility index (Phi) is 3.08. The molecule has 2 unspecified atom stereocenters. The molecule has 0 aliphatic carbocycles. The van der Waals surface area contributed by atoms with Gasteiger partial charge in [0.15, 0.2) is 0 Å². The van der Waals surface area contributed by atoms with Crippen LogP contribution < -0.4 is 5.32 Å². The Balaban J connectivity index is 2.16. The van der Waals surface area contributed by atoms with Crippen molar-refractivity contribution in [3.05, 3.63) is 35.9 Å². The molecular formula is C13H19NO. The van der Waals surface area contributed by atoms with Crippen LogP contribution in [0.2, 0.25) is 0 Å². The van der Waals surface area contributed by atoms with Crippen LogP contribution in [0.3, 0.4) is 0 Å². The summed E-state index contributed by atoms with van der Waals surface area (Å²) >= 11 is 0. The van der Waals surface area contributed by atoms with Crippen molar-refractivity contribution in [2.24, 2.45) is 5.41 Å². The lowest BCUT2D eigenvalue weighted by Gasteiger charge is -2.38. The highest BCUT2D eigenvalue weighted by atomic mass is 16.3. The van der Waals surface area contributed by atoms with E-state index in [0.29, 0.717) is 0 Å². The molecule has 82 valence electrons. The summed E-state index contributed by atoms with van der Waals surface area (Å²) in [6.07, 6.45) is 1.89. The predicted molar refractivity (Wildman–Crippen MR) is 61.6 cm³/mol. The van der Waals surface area contributed by atoms with Crippen LogP contribution in [-0.4, -0.2) is 18.2 Å². The molecule has 0 bridgehead atoms. The van der Waals surface area contributed by atoms with E-state index >= 15 is 0 Å². The van der Waals surface area contributed by atoms with Gasteiger partial charge in [-0.2, -0.15) is 0 Å². The number of hydrogen-bond donors (Lipinski definition) is 2. The van der Waals surface area contributed by atoms with Crippen LogP contribution in [0.1, 0.15) is 31.4 Å². The topological polar surface area (TPSA) is 32.3 Å². The second kappa shape index (κ2) is 4.33. The van der Waals surface area contributed by atoms with Gasteiger partial charge in [0.2, 0.25) is 0 Å². The van der Waals surface area contributed by atoms with Gasteiger partial charge in [0.05, 0.1) is 6.10 Å². The van der Waals surface area contributed by atoms with Crippen LogP contribution in [0, 0.1) is 5.41 Å². The van der Waals surface area contributed by atoms with Crippen molar-refractivity contribution < 1.29 is 5.11 Å². The molecule has 1 fully saturated rings. The maximum atomic E-state index is 10.4. The van der Waals surface area contributed by atoms with Crippen LogP contribution in [0.25, 0.3) is 0 Å². The van der Waals surface area contributed by atoms with E-state index in [-0.39, 0.29) is 11.5 Å². The monoisotopic (exact) mass is 205 g/mol. The molecule has 2 rings (SSSR count). The van der Waals surface area contributed by atoms with E-state index in [1.165, 1.54) is 0 Å². The zero-order chi connectivity index (χ0) is 10.7. The van der Waals surface area contributed by atoms with Crippen LogP contribution >= 0.6 is 0 Å². The van der Waals surface area contributed by atoms with Gasteiger partial charge in [0, 0.05) is 12.0 Å². The molecule has 2 nitrogen and oxygen atoms in total. The van der Waals surface area contributed by atoms with Crippen molar-refractivity contribution in [1.29, 1.82) is 0 Å². The molecule has 2 N–H and O–H groups in total. The van der Waals surface area contributed by atoms with Gasteiger partial charge in [-0.15, -0.1) is 0 Å². The number of nitrogens with one attached hydrogen (secondary N) is 1. The van der Waals surface area contributed by atoms with Crippen molar-refractivity contribution in [2.75, 3.05) is 13.1 Å². The summed E-state index contributed by atoms with van der Waals surface area (Å²) in [5.74, 6) is 0. The fraction of sp³-hybridized carbons (Fsp3) is 0.538. The van der Waals surface area contributed by atoms with Crippen molar-refractivity contribution in [3.8, 4) is 0 Å². The molecule has 1 aliphatic rings. The third-order valence-corrected chi connectivity index (χ3v) is 3.41. The third-order valence-electron chi connectivity index (χ3n) is 3.41. The summed E-state index contributed by atoms with van der Waals surface area (Å²) in [4.78, 5) is 0. The average molecular weight is 205 g/mol. The molecule has 0 aromatic heterocycles. The van der Waals surface area contributed by atoms with E-state index in [0.717, 1.165) is 31.5 Å². The van der Waals surface area contributed by atoms with Gasteiger partial charge in [-0.05, 0) is 24.9 Å². The van der Waals surface area contributed by atoms with Crippen molar-refractivity contribution in [3.63, 3.8) is 0 Å². The summed E-state index contributed by atoms with van der Waals surface area (Å²) in [6.45, 7) is 4.15. The molecule has 1 saturated heterocycles.